The molecule has 0 aliphatic heterocycles. The van der Waals surface area contributed by atoms with Gasteiger partial charge in [-0.05, 0) is 12.5 Å². The van der Waals surface area contributed by atoms with Crippen molar-refractivity contribution in [3.05, 3.63) is 35.9 Å². The number of benzene rings is 1. The third-order valence-electron chi connectivity index (χ3n) is 2.23. The largest absolute Gasteiger partial charge is 0.445 e. The highest BCUT2D eigenvalue weighted by atomic mass is 16.5. The van der Waals surface area contributed by atoms with Crippen molar-refractivity contribution in [2.24, 2.45) is 5.73 Å². The summed E-state index contributed by atoms with van der Waals surface area (Å²) in [5.41, 5.74) is 6.22. The van der Waals surface area contributed by atoms with E-state index in [1.54, 1.807) is 0 Å². The second-order valence-electron chi connectivity index (χ2n) is 3.61. The van der Waals surface area contributed by atoms with E-state index in [1.807, 2.05) is 30.3 Å². The van der Waals surface area contributed by atoms with Crippen LogP contribution in [0.3, 0.4) is 0 Å². The maximum Gasteiger partial charge on any atom is 0.408 e. The van der Waals surface area contributed by atoms with Gasteiger partial charge in [0.25, 0.3) is 0 Å². The molecule has 17 heavy (non-hydrogen) atoms. The average molecular weight is 236 g/mol. The maximum atomic E-state index is 11.3. The van der Waals surface area contributed by atoms with Gasteiger partial charge in [0.15, 0.2) is 5.78 Å². The third kappa shape index (κ3) is 4.65. The van der Waals surface area contributed by atoms with Crippen molar-refractivity contribution in [3.63, 3.8) is 0 Å². The lowest BCUT2D eigenvalue weighted by Crippen LogP contribution is -2.44. The number of carbonyl (C=O) groups excluding carboxylic acids is 2. The predicted molar refractivity (Wildman–Crippen MR) is 63.3 cm³/mol. The Labute approximate surface area is 99.9 Å². The predicted octanol–water partition coefficient (Wildman–Crippen LogP) is 0.829. The lowest BCUT2D eigenvalue weighted by atomic mass is 10.2. The number of alkyl carbamates (subject to hydrolysis) is 1. The molecule has 0 bridgehead atoms. The van der Waals surface area contributed by atoms with Gasteiger partial charge in [-0.1, -0.05) is 30.3 Å². The van der Waals surface area contributed by atoms with Crippen LogP contribution in [0, 0.1) is 0 Å². The molecule has 3 N–H and O–H groups in total. The standard InChI is InChI=1S/C12H16N2O3/c1-9(15)11(7-13)14-12(16)17-8-10-5-3-2-4-6-10/h2-6,11H,7-8,13H2,1H3,(H,14,16). The Balaban J connectivity index is 2.37. The first kappa shape index (κ1) is 13.2. The highest BCUT2D eigenvalue weighted by molar-refractivity contribution is 5.85. The minimum atomic E-state index is -0.682. The van der Waals surface area contributed by atoms with Gasteiger partial charge in [0, 0.05) is 6.54 Å². The van der Waals surface area contributed by atoms with Gasteiger partial charge in [-0.25, -0.2) is 4.79 Å². The minimum absolute atomic E-state index is 0.0652. The Kier molecular flexibility index (Phi) is 5.16. The summed E-state index contributed by atoms with van der Waals surface area (Å²) in [7, 11) is 0. The number of hydrogen-bond acceptors (Lipinski definition) is 4. The van der Waals surface area contributed by atoms with Crippen LogP contribution in [0.5, 0.6) is 0 Å². The topological polar surface area (TPSA) is 81.4 Å². The first-order valence-corrected chi connectivity index (χ1v) is 5.31. The van der Waals surface area contributed by atoms with E-state index in [4.69, 9.17) is 10.5 Å². The summed E-state index contributed by atoms with van der Waals surface area (Å²) in [6.45, 7) is 1.60. The van der Waals surface area contributed by atoms with Crippen LogP contribution >= 0.6 is 0 Å². The molecule has 1 aromatic carbocycles. The molecule has 0 aliphatic rings. The zero-order valence-electron chi connectivity index (χ0n) is 9.68. The minimum Gasteiger partial charge on any atom is -0.445 e. The molecule has 92 valence electrons. The lowest BCUT2D eigenvalue weighted by molar-refractivity contribution is -0.118. The summed E-state index contributed by atoms with van der Waals surface area (Å²) < 4.78 is 4.95. The average Bonchev–Trinajstić information content (AvgIpc) is 2.34. The monoisotopic (exact) mass is 236 g/mol. The van der Waals surface area contributed by atoms with Crippen molar-refractivity contribution >= 4 is 11.9 Å². The second kappa shape index (κ2) is 6.65. The number of amides is 1. The van der Waals surface area contributed by atoms with Gasteiger partial charge >= 0.3 is 6.09 Å². The van der Waals surface area contributed by atoms with Crippen LogP contribution in [0.1, 0.15) is 12.5 Å². The fraction of sp³-hybridized carbons (Fsp3) is 0.333. The van der Waals surface area contributed by atoms with Crippen molar-refractivity contribution in [1.29, 1.82) is 0 Å². The first-order valence-electron chi connectivity index (χ1n) is 5.31. The van der Waals surface area contributed by atoms with Crippen LogP contribution in [0.15, 0.2) is 30.3 Å². The SMILES string of the molecule is CC(=O)C(CN)NC(=O)OCc1ccccc1. The summed E-state index contributed by atoms with van der Waals surface area (Å²) in [4.78, 5) is 22.4. The molecule has 0 saturated carbocycles. The molecule has 1 unspecified atom stereocenters. The number of nitrogens with one attached hydrogen (secondary N) is 1. The van der Waals surface area contributed by atoms with E-state index in [9.17, 15) is 9.59 Å². The van der Waals surface area contributed by atoms with Crippen molar-refractivity contribution in [3.8, 4) is 0 Å². The molecule has 0 spiro atoms. The van der Waals surface area contributed by atoms with Crippen molar-refractivity contribution < 1.29 is 14.3 Å². The summed E-state index contributed by atoms with van der Waals surface area (Å²) in [6, 6.07) is 8.60. The molecule has 0 heterocycles. The molecule has 0 aliphatic carbocycles. The highest BCUT2D eigenvalue weighted by Gasteiger charge is 2.15. The smallest absolute Gasteiger partial charge is 0.408 e. The molecule has 5 nitrogen and oxygen atoms in total. The fourth-order valence-corrected chi connectivity index (χ4v) is 1.23. The number of ether oxygens (including phenoxy) is 1. The molecular formula is C12H16N2O3. The Morgan fingerprint density at radius 1 is 1.35 bits per heavy atom. The van der Waals surface area contributed by atoms with Crippen LogP contribution in [0.25, 0.3) is 0 Å². The summed E-state index contributed by atoms with van der Waals surface area (Å²) in [6.07, 6.45) is -0.639. The maximum absolute atomic E-state index is 11.3. The Hall–Kier alpha value is -1.88. The number of Topliss-reactive ketones (excluding diaryl/α,β-unsaturated/α-hetero) is 1. The van der Waals surface area contributed by atoms with E-state index in [-0.39, 0.29) is 18.9 Å². The van der Waals surface area contributed by atoms with Crippen molar-refractivity contribution in [2.75, 3.05) is 6.54 Å². The molecule has 1 rings (SSSR count). The van der Waals surface area contributed by atoms with Crippen molar-refractivity contribution in [1.82, 2.24) is 5.32 Å². The van der Waals surface area contributed by atoms with Crippen LogP contribution < -0.4 is 11.1 Å². The van der Waals surface area contributed by atoms with E-state index in [2.05, 4.69) is 5.32 Å². The summed E-state index contributed by atoms with van der Waals surface area (Å²) >= 11 is 0. The molecule has 0 fully saturated rings. The number of ketones is 1. The van der Waals surface area contributed by atoms with Crippen LogP contribution in [-0.2, 0) is 16.1 Å². The highest BCUT2D eigenvalue weighted by Crippen LogP contribution is 2.00. The summed E-state index contributed by atoms with van der Waals surface area (Å²) in [5.74, 6) is -0.191. The number of nitrogens with two attached hydrogens (primary N) is 1. The van der Waals surface area contributed by atoms with Gasteiger partial charge in [-0.2, -0.15) is 0 Å². The number of rotatable bonds is 5. The van der Waals surface area contributed by atoms with E-state index in [1.165, 1.54) is 6.92 Å². The van der Waals surface area contributed by atoms with Gasteiger partial charge < -0.3 is 15.8 Å². The Bertz CT molecular complexity index is 379. The molecular weight excluding hydrogens is 220 g/mol. The number of carbonyl (C=O) groups is 2. The van der Waals surface area contributed by atoms with E-state index in [0.29, 0.717) is 0 Å². The third-order valence-corrected chi connectivity index (χ3v) is 2.23. The molecule has 5 heteroatoms. The zero-order valence-corrected chi connectivity index (χ0v) is 9.68. The van der Waals surface area contributed by atoms with Crippen LogP contribution in [0.2, 0.25) is 0 Å². The molecule has 0 aromatic heterocycles. The van der Waals surface area contributed by atoms with Crippen LogP contribution in [-0.4, -0.2) is 24.5 Å². The molecule has 1 amide bonds. The zero-order chi connectivity index (χ0) is 12.7. The van der Waals surface area contributed by atoms with Gasteiger partial charge in [0.05, 0.1) is 0 Å². The van der Waals surface area contributed by atoms with Crippen LogP contribution in [0.4, 0.5) is 4.79 Å². The molecule has 1 aromatic rings. The van der Waals surface area contributed by atoms with E-state index in [0.717, 1.165) is 5.56 Å². The molecule has 1 atom stereocenters. The molecule has 0 radical (unpaired) electrons. The van der Waals surface area contributed by atoms with Gasteiger partial charge in [-0.3, -0.25) is 4.79 Å². The first-order chi connectivity index (χ1) is 8.13. The van der Waals surface area contributed by atoms with Gasteiger partial charge in [0.2, 0.25) is 0 Å². The van der Waals surface area contributed by atoms with Gasteiger partial charge in [0.1, 0.15) is 12.6 Å². The Morgan fingerprint density at radius 2 is 2.00 bits per heavy atom. The lowest BCUT2D eigenvalue weighted by Gasteiger charge is -2.13. The van der Waals surface area contributed by atoms with Crippen molar-refractivity contribution in [2.45, 2.75) is 19.6 Å². The fourth-order valence-electron chi connectivity index (χ4n) is 1.23. The summed E-state index contributed by atoms with van der Waals surface area (Å²) in [5, 5.41) is 2.40. The van der Waals surface area contributed by atoms with E-state index >= 15 is 0 Å². The number of hydrogen-bond donors (Lipinski definition) is 2. The second-order valence-corrected chi connectivity index (χ2v) is 3.61. The Morgan fingerprint density at radius 3 is 2.53 bits per heavy atom. The normalized spacial score (nSPS) is 11.6. The van der Waals surface area contributed by atoms with E-state index < -0.39 is 12.1 Å². The molecule has 0 saturated heterocycles. The van der Waals surface area contributed by atoms with Gasteiger partial charge in [-0.15, -0.1) is 0 Å². The quantitative estimate of drug-likeness (QED) is 0.793.